The highest BCUT2D eigenvalue weighted by atomic mass is 16.2. The second kappa shape index (κ2) is 10.2. The van der Waals surface area contributed by atoms with Crippen LogP contribution in [0.1, 0.15) is 36.7 Å². The normalized spacial score (nSPS) is 15.0. The minimum Gasteiger partial charge on any atom is -0.368 e. The molecule has 1 heterocycles. The fourth-order valence-electron chi connectivity index (χ4n) is 3.81. The first-order chi connectivity index (χ1) is 14.8. The Balaban J connectivity index is 1.56. The molecule has 0 spiro atoms. The molecule has 6 nitrogen and oxygen atoms in total. The van der Waals surface area contributed by atoms with Gasteiger partial charge in [-0.05, 0) is 42.7 Å². The van der Waals surface area contributed by atoms with E-state index in [0.29, 0.717) is 31.7 Å². The molecule has 31 heavy (non-hydrogen) atoms. The third-order valence-corrected chi connectivity index (χ3v) is 5.69. The van der Waals surface area contributed by atoms with E-state index in [1.807, 2.05) is 73.3 Å². The number of benzene rings is 2. The highest BCUT2D eigenvalue weighted by Crippen LogP contribution is 2.19. The fraction of sp³-hybridized carbons (Fsp3) is 0.400. The van der Waals surface area contributed by atoms with E-state index < -0.39 is 6.04 Å². The van der Waals surface area contributed by atoms with Gasteiger partial charge in [-0.15, -0.1) is 0 Å². The molecule has 0 aromatic heterocycles. The van der Waals surface area contributed by atoms with Crippen molar-refractivity contribution >= 4 is 23.3 Å². The average molecular weight is 422 g/mol. The van der Waals surface area contributed by atoms with Crippen LogP contribution in [0.15, 0.2) is 54.6 Å². The lowest BCUT2D eigenvalue weighted by Gasteiger charge is -2.38. The predicted molar refractivity (Wildman–Crippen MR) is 122 cm³/mol. The SMILES string of the molecule is CC(=O)c1ccc(N2CCN(C(=O)[C@H](NC(=O)Cc3ccccc3)C(C)C)CC2)cc1. The molecule has 1 aliphatic rings. The van der Waals surface area contributed by atoms with Crippen LogP contribution < -0.4 is 10.2 Å². The molecular formula is C25H31N3O3. The maximum absolute atomic E-state index is 13.1. The summed E-state index contributed by atoms with van der Waals surface area (Å²) >= 11 is 0. The number of hydrogen-bond acceptors (Lipinski definition) is 4. The van der Waals surface area contributed by atoms with E-state index in [4.69, 9.17) is 0 Å². The van der Waals surface area contributed by atoms with Crippen LogP contribution in [0.3, 0.4) is 0 Å². The molecule has 1 N–H and O–H groups in total. The van der Waals surface area contributed by atoms with Crippen LogP contribution >= 0.6 is 0 Å². The second-order valence-electron chi connectivity index (χ2n) is 8.37. The number of Topliss-reactive ketones (excluding diaryl/α,β-unsaturated/α-hetero) is 1. The summed E-state index contributed by atoms with van der Waals surface area (Å²) in [6.45, 7) is 8.11. The molecule has 2 aromatic carbocycles. The topological polar surface area (TPSA) is 69.7 Å². The average Bonchev–Trinajstić information content (AvgIpc) is 2.77. The van der Waals surface area contributed by atoms with Gasteiger partial charge in [-0.2, -0.15) is 0 Å². The number of anilines is 1. The molecule has 2 aromatic rings. The molecule has 1 saturated heterocycles. The number of nitrogens with one attached hydrogen (secondary N) is 1. The van der Waals surface area contributed by atoms with Gasteiger partial charge in [-0.3, -0.25) is 14.4 Å². The number of nitrogens with zero attached hydrogens (tertiary/aromatic N) is 2. The molecular weight excluding hydrogens is 390 g/mol. The molecule has 3 rings (SSSR count). The molecule has 0 saturated carbocycles. The summed E-state index contributed by atoms with van der Waals surface area (Å²) in [6.07, 6.45) is 0.265. The van der Waals surface area contributed by atoms with Crippen LogP contribution in [0, 0.1) is 5.92 Å². The lowest BCUT2D eigenvalue weighted by Crippen LogP contribution is -2.56. The van der Waals surface area contributed by atoms with E-state index in [-0.39, 0.29) is 29.9 Å². The number of ketones is 1. The van der Waals surface area contributed by atoms with Crippen LogP contribution in [0.5, 0.6) is 0 Å². The summed E-state index contributed by atoms with van der Waals surface area (Å²) in [5.74, 6) is -0.106. The first-order valence-corrected chi connectivity index (χ1v) is 10.8. The van der Waals surface area contributed by atoms with Crippen LogP contribution in [-0.2, 0) is 16.0 Å². The molecule has 1 atom stereocenters. The van der Waals surface area contributed by atoms with Gasteiger partial charge in [0.2, 0.25) is 11.8 Å². The number of amides is 2. The molecule has 164 valence electrons. The molecule has 1 fully saturated rings. The third kappa shape index (κ3) is 5.94. The molecule has 0 aliphatic carbocycles. The summed E-state index contributed by atoms with van der Waals surface area (Å²) < 4.78 is 0. The Morgan fingerprint density at radius 3 is 2.06 bits per heavy atom. The maximum Gasteiger partial charge on any atom is 0.245 e. The summed E-state index contributed by atoms with van der Waals surface area (Å²) in [5, 5.41) is 2.95. The first-order valence-electron chi connectivity index (χ1n) is 10.8. The number of hydrogen-bond donors (Lipinski definition) is 1. The standard InChI is InChI=1S/C25H31N3O3/c1-18(2)24(26-23(30)17-20-7-5-4-6-8-20)25(31)28-15-13-27(14-16-28)22-11-9-21(10-12-22)19(3)29/h4-12,18,24H,13-17H2,1-3H3,(H,26,30)/t24-/m1/s1. The van der Waals surface area contributed by atoms with Gasteiger partial charge in [0.05, 0.1) is 6.42 Å². The van der Waals surface area contributed by atoms with Gasteiger partial charge < -0.3 is 15.1 Å². The van der Waals surface area contributed by atoms with Gasteiger partial charge in [0.15, 0.2) is 5.78 Å². The van der Waals surface area contributed by atoms with Crippen molar-refractivity contribution in [2.45, 2.75) is 33.2 Å². The highest BCUT2D eigenvalue weighted by Gasteiger charge is 2.30. The lowest BCUT2D eigenvalue weighted by molar-refractivity contribution is -0.137. The Hall–Kier alpha value is -3.15. The summed E-state index contributed by atoms with van der Waals surface area (Å²) in [4.78, 5) is 41.2. The van der Waals surface area contributed by atoms with Crippen molar-refractivity contribution < 1.29 is 14.4 Å². The van der Waals surface area contributed by atoms with E-state index >= 15 is 0 Å². The summed E-state index contributed by atoms with van der Waals surface area (Å²) in [7, 11) is 0. The minimum absolute atomic E-state index is 0.00405. The molecule has 0 bridgehead atoms. The number of carbonyl (C=O) groups is 3. The van der Waals surface area contributed by atoms with Crippen molar-refractivity contribution in [3.05, 3.63) is 65.7 Å². The fourth-order valence-corrected chi connectivity index (χ4v) is 3.81. The second-order valence-corrected chi connectivity index (χ2v) is 8.37. The van der Waals surface area contributed by atoms with Gasteiger partial charge in [0.25, 0.3) is 0 Å². The summed E-state index contributed by atoms with van der Waals surface area (Å²) in [6, 6.07) is 16.6. The Morgan fingerprint density at radius 1 is 0.903 bits per heavy atom. The molecule has 6 heteroatoms. The quantitative estimate of drug-likeness (QED) is 0.698. The molecule has 1 aliphatic heterocycles. The van der Waals surface area contributed by atoms with Gasteiger partial charge >= 0.3 is 0 Å². The van der Waals surface area contributed by atoms with Crippen molar-refractivity contribution in [1.82, 2.24) is 10.2 Å². The highest BCUT2D eigenvalue weighted by molar-refractivity contribution is 5.94. The zero-order valence-electron chi connectivity index (χ0n) is 18.5. The smallest absolute Gasteiger partial charge is 0.245 e. The number of rotatable bonds is 7. The zero-order chi connectivity index (χ0) is 22.4. The largest absolute Gasteiger partial charge is 0.368 e. The Morgan fingerprint density at radius 2 is 1.52 bits per heavy atom. The Bertz CT molecular complexity index is 901. The van der Waals surface area contributed by atoms with Crippen LogP contribution in [-0.4, -0.2) is 54.7 Å². The van der Waals surface area contributed by atoms with Gasteiger partial charge in [-0.25, -0.2) is 0 Å². The van der Waals surface area contributed by atoms with E-state index in [2.05, 4.69) is 10.2 Å². The molecule has 0 radical (unpaired) electrons. The van der Waals surface area contributed by atoms with Crippen LogP contribution in [0.4, 0.5) is 5.69 Å². The van der Waals surface area contributed by atoms with Crippen molar-refractivity contribution in [3.8, 4) is 0 Å². The van der Waals surface area contributed by atoms with E-state index in [0.717, 1.165) is 11.3 Å². The summed E-state index contributed by atoms with van der Waals surface area (Å²) in [5.41, 5.74) is 2.68. The van der Waals surface area contributed by atoms with E-state index in [9.17, 15) is 14.4 Å². The molecule has 2 amide bonds. The van der Waals surface area contributed by atoms with Crippen LogP contribution in [0.25, 0.3) is 0 Å². The van der Waals surface area contributed by atoms with Crippen molar-refractivity contribution in [2.24, 2.45) is 5.92 Å². The van der Waals surface area contributed by atoms with Crippen molar-refractivity contribution in [1.29, 1.82) is 0 Å². The van der Waals surface area contributed by atoms with E-state index in [1.54, 1.807) is 6.92 Å². The van der Waals surface area contributed by atoms with Gasteiger partial charge in [0.1, 0.15) is 6.04 Å². The maximum atomic E-state index is 13.1. The monoisotopic (exact) mass is 421 g/mol. The predicted octanol–water partition coefficient (Wildman–Crippen LogP) is 2.92. The minimum atomic E-state index is -0.530. The van der Waals surface area contributed by atoms with E-state index in [1.165, 1.54) is 0 Å². The van der Waals surface area contributed by atoms with Crippen LogP contribution in [0.2, 0.25) is 0 Å². The van der Waals surface area contributed by atoms with Gasteiger partial charge in [-0.1, -0.05) is 44.2 Å². The first kappa shape index (κ1) is 22.5. The van der Waals surface area contributed by atoms with Crippen molar-refractivity contribution in [3.63, 3.8) is 0 Å². The Kier molecular flexibility index (Phi) is 7.45. The molecule has 0 unspecified atom stereocenters. The number of piperazine rings is 1. The zero-order valence-corrected chi connectivity index (χ0v) is 18.5. The van der Waals surface area contributed by atoms with Gasteiger partial charge in [0, 0.05) is 37.4 Å². The third-order valence-electron chi connectivity index (χ3n) is 5.69. The Labute approximate surface area is 184 Å². The number of carbonyl (C=O) groups excluding carboxylic acids is 3. The van der Waals surface area contributed by atoms with Crippen molar-refractivity contribution in [2.75, 3.05) is 31.1 Å². The lowest BCUT2D eigenvalue weighted by atomic mass is 10.0.